The lowest BCUT2D eigenvalue weighted by Gasteiger charge is -2.24. The third kappa shape index (κ3) is 4.45. The highest BCUT2D eigenvalue weighted by atomic mass is 16.7. The molecule has 0 unspecified atom stereocenters. The highest BCUT2D eigenvalue weighted by Gasteiger charge is 2.23. The quantitative estimate of drug-likeness (QED) is 0.441. The van der Waals surface area contributed by atoms with E-state index in [1.807, 2.05) is 50.2 Å². The van der Waals surface area contributed by atoms with Crippen LogP contribution < -0.4 is 19.8 Å². The molecule has 0 fully saturated rings. The molecule has 1 aliphatic rings. The number of para-hydroxylation sites is 1. The summed E-state index contributed by atoms with van der Waals surface area (Å²) in [6.45, 7) is 4.59. The molecule has 178 valence electrons. The number of pyridine rings is 1. The molecule has 0 saturated carbocycles. The zero-order valence-corrected chi connectivity index (χ0v) is 19.9. The van der Waals surface area contributed by atoms with E-state index < -0.39 is 0 Å². The molecule has 7 nitrogen and oxygen atoms in total. The minimum absolute atomic E-state index is 0.129. The van der Waals surface area contributed by atoms with Gasteiger partial charge in [0, 0.05) is 23.0 Å². The van der Waals surface area contributed by atoms with E-state index in [0.29, 0.717) is 28.4 Å². The van der Waals surface area contributed by atoms with Gasteiger partial charge in [-0.1, -0.05) is 24.3 Å². The van der Waals surface area contributed by atoms with Gasteiger partial charge in [0.05, 0.1) is 19.2 Å². The van der Waals surface area contributed by atoms with E-state index in [1.54, 1.807) is 23.1 Å². The van der Waals surface area contributed by atoms with Crippen molar-refractivity contribution in [1.82, 2.24) is 9.88 Å². The van der Waals surface area contributed by atoms with Gasteiger partial charge in [-0.3, -0.25) is 9.59 Å². The lowest BCUT2D eigenvalue weighted by Crippen LogP contribution is -2.32. The van der Waals surface area contributed by atoms with Crippen LogP contribution in [-0.4, -0.2) is 29.7 Å². The summed E-state index contributed by atoms with van der Waals surface area (Å²) in [4.78, 5) is 31.4. The van der Waals surface area contributed by atoms with Crippen LogP contribution in [0.3, 0.4) is 0 Å². The maximum atomic E-state index is 13.7. The summed E-state index contributed by atoms with van der Waals surface area (Å²) < 4.78 is 16.4. The van der Waals surface area contributed by atoms with Gasteiger partial charge < -0.3 is 24.1 Å². The molecule has 35 heavy (non-hydrogen) atoms. The van der Waals surface area contributed by atoms with E-state index in [1.165, 1.54) is 7.11 Å². The summed E-state index contributed by atoms with van der Waals surface area (Å²) in [5.41, 5.74) is 4.51. The zero-order chi connectivity index (χ0) is 24.5. The average Bonchev–Trinajstić information content (AvgIpc) is 3.32. The summed E-state index contributed by atoms with van der Waals surface area (Å²) >= 11 is 0. The van der Waals surface area contributed by atoms with Gasteiger partial charge in [-0.15, -0.1) is 0 Å². The van der Waals surface area contributed by atoms with Crippen molar-refractivity contribution in [1.29, 1.82) is 0 Å². The van der Waals surface area contributed by atoms with Gasteiger partial charge >= 0.3 is 0 Å². The number of carbonyl (C=O) groups excluding carboxylic acids is 1. The molecule has 5 rings (SSSR count). The second-order valence-electron chi connectivity index (χ2n) is 8.72. The first-order valence-electron chi connectivity index (χ1n) is 11.4. The van der Waals surface area contributed by atoms with Gasteiger partial charge in [-0.05, 0) is 66.9 Å². The van der Waals surface area contributed by atoms with Crippen LogP contribution in [0.25, 0.3) is 10.9 Å². The molecule has 1 N–H and O–H groups in total. The van der Waals surface area contributed by atoms with Crippen molar-refractivity contribution >= 4 is 16.8 Å². The average molecular weight is 471 g/mol. The van der Waals surface area contributed by atoms with Crippen molar-refractivity contribution < 1.29 is 19.0 Å². The molecule has 3 aromatic carbocycles. The smallest absolute Gasteiger partial charge is 0.258 e. The Hall–Kier alpha value is -4.26. The molecule has 1 aromatic heterocycles. The number of hydrogen-bond acceptors (Lipinski definition) is 5. The minimum Gasteiger partial charge on any atom is -0.496 e. The first-order valence-corrected chi connectivity index (χ1v) is 11.4. The number of methoxy groups -OCH3 is 1. The summed E-state index contributed by atoms with van der Waals surface area (Å²) in [6.07, 6.45) is 0. The minimum atomic E-state index is -0.236. The number of aromatic amines is 1. The van der Waals surface area contributed by atoms with Gasteiger partial charge in [-0.25, -0.2) is 0 Å². The number of benzene rings is 3. The van der Waals surface area contributed by atoms with Crippen molar-refractivity contribution in [3.05, 3.63) is 98.8 Å². The van der Waals surface area contributed by atoms with Crippen molar-refractivity contribution in [3.8, 4) is 17.2 Å². The number of aryl methyl sites for hydroxylation is 2. The highest BCUT2D eigenvalue weighted by molar-refractivity contribution is 5.97. The number of amides is 1. The van der Waals surface area contributed by atoms with Gasteiger partial charge in [0.25, 0.3) is 11.5 Å². The molecular weight excluding hydrogens is 444 g/mol. The van der Waals surface area contributed by atoms with Crippen LogP contribution in [0.5, 0.6) is 17.2 Å². The van der Waals surface area contributed by atoms with Crippen molar-refractivity contribution in [2.75, 3.05) is 13.9 Å². The largest absolute Gasteiger partial charge is 0.496 e. The van der Waals surface area contributed by atoms with E-state index in [2.05, 4.69) is 11.1 Å². The van der Waals surface area contributed by atoms with Gasteiger partial charge in [0.15, 0.2) is 11.5 Å². The topological polar surface area (TPSA) is 80.9 Å². The molecule has 0 radical (unpaired) electrons. The molecule has 2 heterocycles. The summed E-state index contributed by atoms with van der Waals surface area (Å²) in [7, 11) is 1.53. The summed E-state index contributed by atoms with van der Waals surface area (Å²) in [5, 5.41) is 0.956. The zero-order valence-electron chi connectivity index (χ0n) is 19.9. The normalized spacial score (nSPS) is 12.1. The van der Waals surface area contributed by atoms with Crippen molar-refractivity contribution in [3.63, 3.8) is 0 Å². The van der Waals surface area contributed by atoms with E-state index in [4.69, 9.17) is 14.2 Å². The number of H-pyrrole nitrogens is 1. The van der Waals surface area contributed by atoms with Crippen LogP contribution in [0.15, 0.2) is 65.5 Å². The van der Waals surface area contributed by atoms with Gasteiger partial charge in [-0.2, -0.15) is 0 Å². The Kier molecular flexibility index (Phi) is 5.91. The number of ether oxygens (including phenoxy) is 3. The number of carbonyl (C=O) groups is 1. The Morgan fingerprint density at radius 2 is 1.80 bits per heavy atom. The molecule has 0 spiro atoms. The van der Waals surface area contributed by atoms with E-state index in [9.17, 15) is 9.59 Å². The summed E-state index contributed by atoms with van der Waals surface area (Å²) in [5.74, 6) is 1.56. The fourth-order valence-corrected chi connectivity index (χ4v) is 4.49. The Bertz CT molecular complexity index is 1490. The highest BCUT2D eigenvalue weighted by Crippen LogP contribution is 2.33. The fourth-order valence-electron chi connectivity index (χ4n) is 4.49. The second kappa shape index (κ2) is 9.18. The lowest BCUT2D eigenvalue weighted by molar-refractivity contribution is 0.0726. The summed E-state index contributed by atoms with van der Waals surface area (Å²) in [6, 6.07) is 18.6. The van der Waals surface area contributed by atoms with Crippen molar-refractivity contribution in [2.45, 2.75) is 26.9 Å². The first kappa shape index (κ1) is 22.5. The molecule has 1 aliphatic heterocycles. The molecule has 0 saturated heterocycles. The molecule has 0 aliphatic carbocycles. The Morgan fingerprint density at radius 1 is 1.00 bits per heavy atom. The molecule has 1 amide bonds. The second-order valence-corrected chi connectivity index (χ2v) is 8.72. The number of nitrogens with one attached hydrogen (secondary N) is 1. The third-order valence-electron chi connectivity index (χ3n) is 6.19. The van der Waals surface area contributed by atoms with Crippen molar-refractivity contribution in [2.24, 2.45) is 0 Å². The first-order chi connectivity index (χ1) is 16.9. The predicted molar refractivity (Wildman–Crippen MR) is 133 cm³/mol. The monoisotopic (exact) mass is 470 g/mol. The number of fused-ring (bicyclic) bond motifs is 2. The third-order valence-corrected chi connectivity index (χ3v) is 6.19. The standard InChI is InChI=1S/C28H26N2O5/c1-17-10-18(2)22-13-20(27(31)29-23(22)11-17)15-30(28(32)21-6-4-5-7-24(21)33-3)14-19-8-9-25-26(12-19)35-16-34-25/h4-13H,14-16H2,1-3H3,(H,29,31). The Labute approximate surface area is 202 Å². The molecule has 0 atom stereocenters. The van der Waals surface area contributed by atoms with E-state index in [0.717, 1.165) is 27.6 Å². The maximum absolute atomic E-state index is 13.7. The van der Waals surface area contributed by atoms with Crippen LogP contribution in [-0.2, 0) is 13.1 Å². The fraction of sp³-hybridized carbons (Fsp3) is 0.214. The number of nitrogens with zero attached hydrogens (tertiary/aromatic N) is 1. The Balaban J connectivity index is 1.55. The van der Waals surface area contributed by atoms with Crippen LogP contribution >= 0.6 is 0 Å². The SMILES string of the molecule is COc1ccccc1C(=O)N(Cc1ccc2c(c1)OCO2)Cc1cc2c(C)cc(C)cc2[nH]c1=O. The lowest BCUT2D eigenvalue weighted by atomic mass is 10.0. The molecule has 7 heteroatoms. The number of rotatable bonds is 6. The van der Waals surface area contributed by atoms with Crippen LogP contribution in [0, 0.1) is 13.8 Å². The van der Waals surface area contributed by atoms with E-state index in [-0.39, 0.29) is 31.3 Å². The maximum Gasteiger partial charge on any atom is 0.258 e. The van der Waals surface area contributed by atoms with Crippen LogP contribution in [0.4, 0.5) is 0 Å². The molecular formula is C28H26N2O5. The van der Waals surface area contributed by atoms with Crippen LogP contribution in [0.2, 0.25) is 0 Å². The predicted octanol–water partition coefficient (Wildman–Crippen LogP) is 4.72. The Morgan fingerprint density at radius 3 is 2.63 bits per heavy atom. The van der Waals surface area contributed by atoms with E-state index >= 15 is 0 Å². The number of hydrogen-bond donors (Lipinski definition) is 1. The van der Waals surface area contributed by atoms with Gasteiger partial charge in [0.2, 0.25) is 6.79 Å². The molecule has 4 aromatic rings. The van der Waals surface area contributed by atoms with Crippen LogP contribution in [0.1, 0.15) is 32.6 Å². The number of aromatic nitrogens is 1. The molecule has 0 bridgehead atoms. The van der Waals surface area contributed by atoms with Gasteiger partial charge in [0.1, 0.15) is 5.75 Å².